The monoisotopic (exact) mass is 251 g/mol. The van der Waals surface area contributed by atoms with E-state index in [1.807, 2.05) is 0 Å². The summed E-state index contributed by atoms with van der Waals surface area (Å²) in [5.74, 6) is -0.530. The van der Waals surface area contributed by atoms with Crippen LogP contribution >= 0.6 is 0 Å². The lowest BCUT2D eigenvalue weighted by Crippen LogP contribution is -2.48. The summed E-state index contributed by atoms with van der Waals surface area (Å²) in [5.41, 5.74) is -2.73. The Morgan fingerprint density at radius 1 is 1.59 bits per heavy atom. The van der Waals surface area contributed by atoms with E-state index in [1.165, 1.54) is 4.90 Å². The molecule has 0 saturated carbocycles. The number of hydrogen-bond donors (Lipinski definition) is 2. The van der Waals surface area contributed by atoms with Gasteiger partial charge in [0.15, 0.2) is 5.60 Å². The zero-order chi connectivity index (χ0) is 13.1. The first kappa shape index (κ1) is 13.7. The zero-order valence-corrected chi connectivity index (χ0v) is 8.92. The Kier molecular flexibility index (Phi) is 3.95. The van der Waals surface area contributed by atoms with Crippen LogP contribution in [0.1, 0.15) is 6.42 Å². The van der Waals surface area contributed by atoms with E-state index in [9.17, 15) is 23.1 Å². The number of aliphatic hydroxyl groups is 1. The molecule has 1 fully saturated rings. The van der Waals surface area contributed by atoms with E-state index in [4.69, 9.17) is 5.26 Å². The molecule has 0 aliphatic carbocycles. The second-order valence-corrected chi connectivity index (χ2v) is 3.92. The average molecular weight is 251 g/mol. The number of nitrogens with zero attached hydrogens (tertiary/aromatic N) is 2. The van der Waals surface area contributed by atoms with Crippen LogP contribution in [0.15, 0.2) is 0 Å². The summed E-state index contributed by atoms with van der Waals surface area (Å²) in [5, 5.41) is 19.8. The van der Waals surface area contributed by atoms with Crippen molar-refractivity contribution >= 4 is 5.91 Å². The highest BCUT2D eigenvalue weighted by Gasteiger charge is 2.57. The maximum absolute atomic E-state index is 12.4. The van der Waals surface area contributed by atoms with Crippen LogP contribution in [0.3, 0.4) is 0 Å². The number of alkyl halides is 3. The van der Waals surface area contributed by atoms with Crippen molar-refractivity contribution < 1.29 is 23.1 Å². The molecule has 1 heterocycles. The summed E-state index contributed by atoms with van der Waals surface area (Å²) in [4.78, 5) is 12.4. The van der Waals surface area contributed by atoms with Gasteiger partial charge in [0.25, 0.3) is 0 Å². The number of amides is 1. The SMILES string of the molecule is N#CCNC(=O)CN1CCC(O)(C(F)(F)F)C1. The molecule has 2 N–H and O–H groups in total. The largest absolute Gasteiger partial charge is 0.418 e. The van der Waals surface area contributed by atoms with E-state index in [-0.39, 0.29) is 19.6 Å². The van der Waals surface area contributed by atoms with E-state index >= 15 is 0 Å². The van der Waals surface area contributed by atoms with Gasteiger partial charge in [-0.05, 0) is 6.42 Å². The fourth-order valence-corrected chi connectivity index (χ4v) is 1.63. The minimum atomic E-state index is -4.69. The van der Waals surface area contributed by atoms with Crippen LogP contribution in [0.5, 0.6) is 0 Å². The number of nitriles is 1. The second kappa shape index (κ2) is 4.89. The molecule has 1 aliphatic heterocycles. The molecule has 0 aromatic rings. The third-order valence-electron chi connectivity index (χ3n) is 2.59. The Bertz CT molecular complexity index is 339. The second-order valence-electron chi connectivity index (χ2n) is 3.92. The molecule has 1 saturated heterocycles. The van der Waals surface area contributed by atoms with Crippen molar-refractivity contribution in [2.45, 2.75) is 18.2 Å². The third kappa shape index (κ3) is 3.31. The van der Waals surface area contributed by atoms with Gasteiger partial charge in [-0.3, -0.25) is 9.69 Å². The molecule has 1 aliphatic rings. The van der Waals surface area contributed by atoms with Gasteiger partial charge in [0.2, 0.25) is 5.91 Å². The maximum Gasteiger partial charge on any atom is 0.418 e. The quantitative estimate of drug-likeness (QED) is 0.671. The summed E-state index contributed by atoms with van der Waals surface area (Å²) in [6.07, 6.45) is -5.13. The van der Waals surface area contributed by atoms with Crippen LogP contribution in [0.25, 0.3) is 0 Å². The highest BCUT2D eigenvalue weighted by atomic mass is 19.4. The molecule has 1 amide bonds. The number of carbonyl (C=O) groups excluding carboxylic acids is 1. The molecule has 0 aromatic carbocycles. The van der Waals surface area contributed by atoms with Crippen molar-refractivity contribution in [1.82, 2.24) is 10.2 Å². The maximum atomic E-state index is 12.4. The Hall–Kier alpha value is -1.33. The van der Waals surface area contributed by atoms with Crippen LogP contribution in [-0.4, -0.2) is 53.9 Å². The summed E-state index contributed by atoms with van der Waals surface area (Å²) >= 11 is 0. The van der Waals surface area contributed by atoms with Crippen molar-refractivity contribution in [2.75, 3.05) is 26.2 Å². The lowest BCUT2D eigenvalue weighted by Gasteiger charge is -2.25. The van der Waals surface area contributed by atoms with Gasteiger partial charge in [-0.25, -0.2) is 0 Å². The average Bonchev–Trinajstić information content (AvgIpc) is 2.57. The molecular formula is C9H12F3N3O2. The number of nitrogens with one attached hydrogen (secondary N) is 1. The fraction of sp³-hybridized carbons (Fsp3) is 0.778. The van der Waals surface area contributed by atoms with E-state index in [1.54, 1.807) is 6.07 Å². The van der Waals surface area contributed by atoms with E-state index < -0.39 is 30.7 Å². The molecule has 0 radical (unpaired) electrons. The number of carbonyl (C=O) groups is 1. The molecular weight excluding hydrogens is 239 g/mol. The Balaban J connectivity index is 2.46. The highest BCUT2D eigenvalue weighted by Crippen LogP contribution is 2.37. The lowest BCUT2D eigenvalue weighted by molar-refractivity contribution is -0.253. The Morgan fingerprint density at radius 2 is 2.24 bits per heavy atom. The molecule has 17 heavy (non-hydrogen) atoms. The van der Waals surface area contributed by atoms with Gasteiger partial charge in [-0.15, -0.1) is 0 Å². The van der Waals surface area contributed by atoms with Crippen molar-refractivity contribution in [3.8, 4) is 6.07 Å². The summed E-state index contributed by atoms with van der Waals surface area (Å²) in [6.45, 7) is -1.05. The van der Waals surface area contributed by atoms with Gasteiger partial charge in [0.05, 0.1) is 12.6 Å². The number of β-amino-alcohol motifs (C(OH)–C–C–N with tert-alkyl or cyclic N) is 1. The first-order valence-electron chi connectivity index (χ1n) is 4.93. The van der Waals surface area contributed by atoms with Crippen molar-refractivity contribution in [3.05, 3.63) is 0 Å². The van der Waals surface area contributed by atoms with Crippen LogP contribution in [-0.2, 0) is 4.79 Å². The van der Waals surface area contributed by atoms with Crippen LogP contribution in [0.4, 0.5) is 13.2 Å². The molecule has 1 unspecified atom stereocenters. The first-order chi connectivity index (χ1) is 7.78. The van der Waals surface area contributed by atoms with Gasteiger partial charge in [0.1, 0.15) is 6.54 Å². The predicted octanol–water partition coefficient (Wildman–Crippen LogP) is -0.375. The summed E-state index contributed by atoms with van der Waals surface area (Å²) in [7, 11) is 0. The number of rotatable bonds is 3. The molecule has 0 bridgehead atoms. The molecule has 1 atom stereocenters. The molecule has 8 heteroatoms. The lowest BCUT2D eigenvalue weighted by atomic mass is 10.0. The highest BCUT2D eigenvalue weighted by molar-refractivity contribution is 5.78. The number of halogens is 3. The van der Waals surface area contributed by atoms with E-state index in [0.29, 0.717) is 0 Å². The standard InChI is InChI=1S/C9H12F3N3O2/c10-9(11,12)8(17)1-4-15(6-8)5-7(16)14-3-2-13/h17H,1,3-6H2,(H,14,16). The molecule has 5 nitrogen and oxygen atoms in total. The summed E-state index contributed by atoms with van der Waals surface area (Å²) in [6, 6.07) is 1.68. The Labute approximate surface area is 95.8 Å². The third-order valence-corrected chi connectivity index (χ3v) is 2.59. The van der Waals surface area contributed by atoms with E-state index in [2.05, 4.69) is 5.32 Å². The smallest absolute Gasteiger partial charge is 0.379 e. The molecule has 0 aromatic heterocycles. The van der Waals surface area contributed by atoms with Crippen LogP contribution < -0.4 is 5.32 Å². The fourth-order valence-electron chi connectivity index (χ4n) is 1.63. The van der Waals surface area contributed by atoms with Crippen LogP contribution in [0.2, 0.25) is 0 Å². The molecule has 96 valence electrons. The Morgan fingerprint density at radius 3 is 2.71 bits per heavy atom. The number of hydrogen-bond acceptors (Lipinski definition) is 4. The minimum absolute atomic E-state index is 0.00398. The van der Waals surface area contributed by atoms with Gasteiger partial charge in [0, 0.05) is 13.1 Å². The van der Waals surface area contributed by atoms with E-state index in [0.717, 1.165) is 0 Å². The van der Waals surface area contributed by atoms with Crippen molar-refractivity contribution in [1.29, 1.82) is 5.26 Å². The van der Waals surface area contributed by atoms with Crippen LogP contribution in [0, 0.1) is 11.3 Å². The molecule has 1 rings (SSSR count). The van der Waals surface area contributed by atoms with Gasteiger partial charge in [-0.1, -0.05) is 0 Å². The predicted molar refractivity (Wildman–Crippen MR) is 50.7 cm³/mol. The minimum Gasteiger partial charge on any atom is -0.379 e. The van der Waals surface area contributed by atoms with Crippen molar-refractivity contribution in [2.24, 2.45) is 0 Å². The van der Waals surface area contributed by atoms with Crippen molar-refractivity contribution in [3.63, 3.8) is 0 Å². The number of likely N-dealkylation sites (tertiary alicyclic amines) is 1. The molecule has 0 spiro atoms. The summed E-state index contributed by atoms with van der Waals surface area (Å²) < 4.78 is 37.3. The zero-order valence-electron chi connectivity index (χ0n) is 8.92. The topological polar surface area (TPSA) is 76.4 Å². The van der Waals surface area contributed by atoms with Gasteiger partial charge < -0.3 is 10.4 Å². The van der Waals surface area contributed by atoms with Gasteiger partial charge >= 0.3 is 6.18 Å². The van der Waals surface area contributed by atoms with Gasteiger partial charge in [-0.2, -0.15) is 18.4 Å². The normalized spacial score (nSPS) is 25.6. The first-order valence-corrected chi connectivity index (χ1v) is 4.93.